The monoisotopic (exact) mass is 742 g/mol. The summed E-state index contributed by atoms with van der Waals surface area (Å²) in [6.07, 6.45) is 3.05. The van der Waals surface area contributed by atoms with E-state index in [4.69, 9.17) is 28.8 Å². The fourth-order valence-corrected chi connectivity index (χ4v) is 37.9. The summed E-state index contributed by atoms with van der Waals surface area (Å²) in [5, 5.41) is 9.46. The predicted octanol–water partition coefficient (Wildman–Crippen LogP) is 8.44. The molecular formula is C26H59FO8Si8. The zero-order chi connectivity index (χ0) is 33.5. The van der Waals surface area contributed by atoms with Crippen LogP contribution in [0.3, 0.4) is 0 Å². The van der Waals surface area contributed by atoms with Crippen molar-refractivity contribution in [2.45, 2.75) is 130 Å². The van der Waals surface area contributed by atoms with Crippen molar-refractivity contribution in [3.05, 3.63) is 29.6 Å². The highest BCUT2D eigenvalue weighted by atomic mass is 28.5. The summed E-state index contributed by atoms with van der Waals surface area (Å²) in [7, 11) is -16.7. The Morgan fingerprint density at radius 1 is 0.628 bits per heavy atom. The molecule has 0 aliphatic heterocycles. The van der Waals surface area contributed by atoms with Crippen molar-refractivity contribution in [3.8, 4) is 5.75 Å². The quantitative estimate of drug-likeness (QED) is 0.133. The Morgan fingerprint density at radius 2 is 1.05 bits per heavy atom. The fourth-order valence-electron chi connectivity index (χ4n) is 5.29. The van der Waals surface area contributed by atoms with Gasteiger partial charge in [-0.15, -0.1) is 0 Å². The molecule has 0 aliphatic carbocycles. The third-order valence-corrected chi connectivity index (χ3v) is 34.0. The van der Waals surface area contributed by atoms with Crippen molar-refractivity contribution in [1.82, 2.24) is 0 Å². The molecule has 0 spiro atoms. The van der Waals surface area contributed by atoms with Crippen molar-refractivity contribution < 1.29 is 38.3 Å². The van der Waals surface area contributed by atoms with Crippen LogP contribution in [-0.2, 0) is 35.2 Å². The molecule has 0 saturated heterocycles. The van der Waals surface area contributed by atoms with Crippen molar-refractivity contribution in [2.75, 3.05) is 0 Å². The van der Waals surface area contributed by atoms with Gasteiger partial charge in [0.15, 0.2) is 28.2 Å². The maximum atomic E-state index is 13.8. The summed E-state index contributed by atoms with van der Waals surface area (Å²) in [6.45, 7) is 31.7. The molecule has 0 fully saturated rings. The molecule has 1 aromatic rings. The van der Waals surface area contributed by atoms with E-state index in [9.17, 15) is 9.50 Å². The molecule has 0 saturated carbocycles. The van der Waals surface area contributed by atoms with Crippen LogP contribution in [-0.4, -0.2) is 74.6 Å². The maximum absolute atomic E-state index is 13.8. The van der Waals surface area contributed by atoms with E-state index in [0.29, 0.717) is 6.42 Å². The van der Waals surface area contributed by atoms with Crippen LogP contribution in [0, 0.1) is 5.82 Å². The summed E-state index contributed by atoms with van der Waals surface area (Å²) >= 11 is 0. The summed E-state index contributed by atoms with van der Waals surface area (Å²) in [5.74, 6) is -0.923. The van der Waals surface area contributed by atoms with E-state index < -0.39 is 65.3 Å². The van der Waals surface area contributed by atoms with Crippen molar-refractivity contribution >= 4 is 69.4 Å². The van der Waals surface area contributed by atoms with Gasteiger partial charge in [-0.2, -0.15) is 0 Å². The van der Waals surface area contributed by atoms with Gasteiger partial charge in [0.2, 0.25) is 0 Å². The second kappa shape index (κ2) is 16.0. The molecule has 0 amide bonds. The first kappa shape index (κ1) is 41.4. The van der Waals surface area contributed by atoms with Gasteiger partial charge in [-0.1, -0.05) is 25.8 Å². The van der Waals surface area contributed by atoms with Crippen LogP contribution in [0.4, 0.5) is 4.39 Å². The average molecular weight is 743 g/mol. The molecule has 0 bridgehead atoms. The lowest BCUT2D eigenvalue weighted by molar-refractivity contribution is 0.284. The Kier molecular flexibility index (Phi) is 15.4. The van der Waals surface area contributed by atoms with Crippen molar-refractivity contribution in [1.29, 1.82) is 0 Å². The van der Waals surface area contributed by atoms with E-state index in [1.165, 1.54) is 25.0 Å². The molecule has 0 heterocycles. The Labute approximate surface area is 271 Å². The minimum Gasteiger partial charge on any atom is -0.505 e. The summed E-state index contributed by atoms with van der Waals surface area (Å²) in [4.78, 5) is 0. The van der Waals surface area contributed by atoms with Crippen LogP contribution in [0.1, 0.15) is 25.3 Å². The normalized spacial score (nSPS) is 14.4. The summed E-state index contributed by atoms with van der Waals surface area (Å²) < 4.78 is 59.3. The number of hydrogen-bond donors (Lipinski definition) is 1. The summed E-state index contributed by atoms with van der Waals surface area (Å²) in [6, 6.07) is 6.50. The first-order chi connectivity index (χ1) is 19.2. The van der Waals surface area contributed by atoms with E-state index in [1.807, 2.05) is 26.2 Å². The number of aryl methyl sites for hydroxylation is 1. The third kappa shape index (κ3) is 17.8. The van der Waals surface area contributed by atoms with Crippen molar-refractivity contribution in [3.63, 3.8) is 0 Å². The Balaban J connectivity index is 2.66. The van der Waals surface area contributed by atoms with E-state index in [0.717, 1.165) is 17.7 Å². The second-order valence-electron chi connectivity index (χ2n) is 14.7. The lowest BCUT2D eigenvalue weighted by atomic mass is 10.1. The van der Waals surface area contributed by atoms with Gasteiger partial charge < -0.3 is 33.9 Å². The minimum absolute atomic E-state index is 0.179. The molecule has 43 heavy (non-hydrogen) atoms. The zero-order valence-electron chi connectivity index (χ0n) is 29.5. The first-order valence-electron chi connectivity index (χ1n) is 15.3. The van der Waals surface area contributed by atoms with Crippen LogP contribution in [0.5, 0.6) is 5.75 Å². The standard InChI is InChI=1S/C26H59FO8Si8/c1-16-17-21-37(2,3)31-41(10,11)33-39(6,7)29-36-30-40(8,9)34-43(14,15)35-42(12,13)32-38(4,5)22-20-24-18-19-26(28)25(27)23-24/h18-19,23,28H,16-17,20-22H2,1-15H3. The molecule has 8 nitrogen and oxygen atoms in total. The van der Waals surface area contributed by atoms with E-state index >= 15 is 0 Å². The third-order valence-electron chi connectivity index (χ3n) is 6.25. The van der Waals surface area contributed by atoms with Gasteiger partial charge in [0.1, 0.15) is 0 Å². The molecule has 17 heteroatoms. The van der Waals surface area contributed by atoms with Gasteiger partial charge in [0.05, 0.1) is 0 Å². The zero-order valence-corrected chi connectivity index (χ0v) is 37.5. The second-order valence-corrected chi connectivity index (χ2v) is 42.6. The molecular weight excluding hydrogens is 684 g/mol. The van der Waals surface area contributed by atoms with E-state index in [-0.39, 0.29) is 15.8 Å². The number of phenolic OH excluding ortho intramolecular Hbond substituents is 1. The number of rotatable bonds is 20. The van der Waals surface area contributed by atoms with Crippen LogP contribution in [0.2, 0.25) is 104 Å². The molecule has 0 atom stereocenters. The van der Waals surface area contributed by atoms with Crippen LogP contribution in [0.15, 0.2) is 18.2 Å². The maximum Gasteiger partial charge on any atom is 0.413 e. The van der Waals surface area contributed by atoms with Gasteiger partial charge in [-0.25, -0.2) is 4.39 Å². The molecule has 1 rings (SSSR count). The Bertz CT molecular complexity index is 1020. The number of unbranched alkanes of at least 4 members (excludes halogenated alkanes) is 1. The summed E-state index contributed by atoms with van der Waals surface area (Å²) in [5.41, 5.74) is 0.846. The van der Waals surface area contributed by atoms with Crippen LogP contribution >= 0.6 is 0 Å². The molecule has 1 aromatic carbocycles. The van der Waals surface area contributed by atoms with Gasteiger partial charge in [0.25, 0.3) is 0 Å². The highest BCUT2D eigenvalue weighted by Crippen LogP contribution is 2.28. The molecule has 1 N–H and O–H groups in total. The van der Waals surface area contributed by atoms with Gasteiger partial charge in [-0.05, 0) is 128 Å². The van der Waals surface area contributed by atoms with E-state index in [1.54, 1.807) is 6.07 Å². The number of halogens is 1. The largest absolute Gasteiger partial charge is 0.505 e. The predicted molar refractivity (Wildman–Crippen MR) is 192 cm³/mol. The highest BCUT2D eigenvalue weighted by Gasteiger charge is 2.45. The molecule has 0 aromatic heterocycles. The number of phenols is 1. The molecule has 250 valence electrons. The van der Waals surface area contributed by atoms with Crippen LogP contribution < -0.4 is 0 Å². The smallest absolute Gasteiger partial charge is 0.413 e. The molecule has 0 unspecified atom stereocenters. The molecule has 0 aliphatic rings. The number of hydrogen-bond acceptors (Lipinski definition) is 8. The lowest BCUT2D eigenvalue weighted by Crippen LogP contribution is -2.57. The molecule has 2 radical (unpaired) electrons. The average Bonchev–Trinajstić information content (AvgIpc) is 2.74. The van der Waals surface area contributed by atoms with E-state index in [2.05, 4.69) is 72.4 Å². The SMILES string of the molecule is CCCC[Si](C)(C)O[Si](C)(C)O[Si](C)(C)O[Si]O[Si](C)(C)O[Si](C)(C)O[Si](C)(C)O[Si](C)(C)CCc1ccc(O)c(F)c1. The lowest BCUT2D eigenvalue weighted by Gasteiger charge is -2.41. The fraction of sp³-hybridized carbons (Fsp3) is 0.769. The van der Waals surface area contributed by atoms with Gasteiger partial charge >= 0.3 is 52.8 Å². The van der Waals surface area contributed by atoms with Crippen molar-refractivity contribution in [2.24, 2.45) is 0 Å². The number of benzene rings is 1. The Morgan fingerprint density at radius 3 is 1.49 bits per heavy atom. The van der Waals surface area contributed by atoms with Gasteiger partial charge in [-0.3, -0.25) is 0 Å². The van der Waals surface area contributed by atoms with Crippen LogP contribution in [0.25, 0.3) is 0 Å². The minimum atomic E-state index is -2.61. The Hall–Kier alpha value is 0.405. The first-order valence-corrected chi connectivity index (χ1v) is 36.4. The highest BCUT2D eigenvalue weighted by molar-refractivity contribution is 6.89. The topological polar surface area (TPSA) is 84.8 Å². The van der Waals surface area contributed by atoms with Gasteiger partial charge in [0, 0.05) is 0 Å². The number of aromatic hydroxyl groups is 1.